The fourth-order valence-corrected chi connectivity index (χ4v) is 1.49. The summed E-state index contributed by atoms with van der Waals surface area (Å²) in [5.74, 6) is 0.163. The van der Waals surface area contributed by atoms with Crippen LogP contribution in [0.3, 0.4) is 0 Å². The second-order valence-corrected chi connectivity index (χ2v) is 3.35. The van der Waals surface area contributed by atoms with Crippen molar-refractivity contribution in [2.24, 2.45) is 0 Å². The summed E-state index contributed by atoms with van der Waals surface area (Å²) in [7, 11) is -4.08. The van der Waals surface area contributed by atoms with Crippen LogP contribution in [-0.4, -0.2) is 24.9 Å². The van der Waals surface area contributed by atoms with Crippen LogP contribution >= 0.6 is 28.6 Å². The Balaban J connectivity index is 0. The van der Waals surface area contributed by atoms with Gasteiger partial charge >= 0.3 is 10.3 Å². The minimum atomic E-state index is -4.08. The van der Waals surface area contributed by atoms with Gasteiger partial charge in [0.1, 0.15) is 0 Å². The standard InChI is InChI=1S/C4H10ClNO3S.BrH/c1-2-4(3-5)6-10(7,8)9;/h4,6H,2-3H2,1H3,(H,7,8,9);1H. The topological polar surface area (TPSA) is 66.4 Å². The lowest BCUT2D eigenvalue weighted by molar-refractivity contribution is 0.454. The van der Waals surface area contributed by atoms with Crippen molar-refractivity contribution in [2.75, 3.05) is 5.88 Å². The molecule has 1 atom stereocenters. The maximum absolute atomic E-state index is 10.1. The highest BCUT2D eigenvalue weighted by atomic mass is 79.9. The fraction of sp³-hybridized carbons (Fsp3) is 1.00. The summed E-state index contributed by atoms with van der Waals surface area (Å²) < 4.78 is 30.5. The van der Waals surface area contributed by atoms with Gasteiger partial charge in [-0.1, -0.05) is 6.92 Å². The van der Waals surface area contributed by atoms with Gasteiger partial charge in [0.25, 0.3) is 0 Å². The molecule has 70 valence electrons. The van der Waals surface area contributed by atoms with Crippen molar-refractivity contribution < 1.29 is 13.0 Å². The smallest absolute Gasteiger partial charge is 0.273 e. The molecule has 0 radical (unpaired) electrons. The van der Waals surface area contributed by atoms with Crippen LogP contribution in [-0.2, 0) is 10.3 Å². The zero-order valence-corrected chi connectivity index (χ0v) is 9.24. The summed E-state index contributed by atoms with van der Waals surface area (Å²) in [5.41, 5.74) is 0. The molecule has 0 heterocycles. The number of rotatable bonds is 4. The summed E-state index contributed by atoms with van der Waals surface area (Å²) in [6.45, 7) is 1.77. The van der Waals surface area contributed by atoms with Gasteiger partial charge in [0.15, 0.2) is 0 Å². The summed E-state index contributed by atoms with van der Waals surface area (Å²) >= 11 is 5.34. The average molecular weight is 269 g/mol. The summed E-state index contributed by atoms with van der Waals surface area (Å²) in [5, 5.41) is 0. The first-order chi connectivity index (χ1) is 4.49. The molecule has 0 saturated carbocycles. The van der Waals surface area contributed by atoms with E-state index in [1.807, 2.05) is 4.72 Å². The molecule has 0 aromatic heterocycles. The van der Waals surface area contributed by atoms with E-state index in [-0.39, 0.29) is 28.9 Å². The van der Waals surface area contributed by atoms with Crippen molar-refractivity contribution >= 4 is 38.9 Å². The number of hydrogen-bond acceptors (Lipinski definition) is 2. The first kappa shape index (κ1) is 14.2. The molecule has 0 aliphatic heterocycles. The molecule has 0 aliphatic rings. The van der Waals surface area contributed by atoms with Gasteiger partial charge in [0.2, 0.25) is 0 Å². The highest BCUT2D eigenvalue weighted by Crippen LogP contribution is 1.94. The average Bonchev–Trinajstić information content (AvgIpc) is 1.81. The van der Waals surface area contributed by atoms with Gasteiger partial charge in [0, 0.05) is 11.9 Å². The second kappa shape index (κ2) is 6.19. The van der Waals surface area contributed by atoms with Crippen molar-refractivity contribution in [1.82, 2.24) is 4.72 Å². The third-order valence-corrected chi connectivity index (χ3v) is 2.00. The van der Waals surface area contributed by atoms with E-state index in [4.69, 9.17) is 16.2 Å². The van der Waals surface area contributed by atoms with Gasteiger partial charge in [0.05, 0.1) is 0 Å². The molecule has 4 nitrogen and oxygen atoms in total. The monoisotopic (exact) mass is 267 g/mol. The molecular weight excluding hydrogens is 257 g/mol. The third-order valence-electron chi connectivity index (χ3n) is 0.995. The summed E-state index contributed by atoms with van der Waals surface area (Å²) in [6.07, 6.45) is 0.559. The predicted molar refractivity (Wildman–Crippen MR) is 49.8 cm³/mol. The minimum Gasteiger partial charge on any atom is -0.273 e. The van der Waals surface area contributed by atoms with Gasteiger partial charge in [-0.3, -0.25) is 4.55 Å². The fourth-order valence-electron chi connectivity index (χ4n) is 0.435. The Hall–Kier alpha value is 0.640. The molecule has 0 bridgehead atoms. The molecule has 7 heteroatoms. The SMILES string of the molecule is Br.CCC(CCl)NS(=O)(=O)O. The van der Waals surface area contributed by atoms with Crippen LogP contribution in [0.25, 0.3) is 0 Å². The number of alkyl halides is 1. The first-order valence-corrected chi connectivity index (χ1v) is 4.77. The van der Waals surface area contributed by atoms with Crippen LogP contribution in [0.1, 0.15) is 13.3 Å². The molecule has 0 aromatic rings. The van der Waals surface area contributed by atoms with E-state index < -0.39 is 10.3 Å². The van der Waals surface area contributed by atoms with Crippen LogP contribution in [0.15, 0.2) is 0 Å². The zero-order chi connectivity index (χ0) is 8.20. The van der Waals surface area contributed by atoms with Crippen LogP contribution in [0.5, 0.6) is 0 Å². The van der Waals surface area contributed by atoms with Crippen molar-refractivity contribution in [3.8, 4) is 0 Å². The molecule has 0 saturated heterocycles. The minimum absolute atomic E-state index is 0. The normalized spacial score (nSPS) is 13.7. The molecule has 1 unspecified atom stereocenters. The lowest BCUT2D eigenvalue weighted by Gasteiger charge is -2.09. The Labute approximate surface area is 82.0 Å². The van der Waals surface area contributed by atoms with E-state index >= 15 is 0 Å². The first-order valence-electron chi connectivity index (χ1n) is 2.80. The van der Waals surface area contributed by atoms with E-state index in [0.29, 0.717) is 6.42 Å². The van der Waals surface area contributed by atoms with E-state index in [1.165, 1.54) is 0 Å². The van der Waals surface area contributed by atoms with Gasteiger partial charge < -0.3 is 0 Å². The molecular formula is C4H11BrClNO3S. The van der Waals surface area contributed by atoms with Crippen LogP contribution in [0.2, 0.25) is 0 Å². The van der Waals surface area contributed by atoms with E-state index in [1.54, 1.807) is 6.92 Å². The number of nitrogens with one attached hydrogen (secondary N) is 1. The summed E-state index contributed by atoms with van der Waals surface area (Å²) in [6, 6.07) is -0.378. The lowest BCUT2D eigenvalue weighted by Crippen LogP contribution is -2.34. The van der Waals surface area contributed by atoms with Crippen LogP contribution in [0, 0.1) is 0 Å². The van der Waals surface area contributed by atoms with Crippen LogP contribution < -0.4 is 4.72 Å². The Morgan fingerprint density at radius 2 is 2.09 bits per heavy atom. The third kappa shape index (κ3) is 8.55. The van der Waals surface area contributed by atoms with E-state index in [9.17, 15) is 8.42 Å². The quantitative estimate of drug-likeness (QED) is 0.590. The van der Waals surface area contributed by atoms with Gasteiger partial charge in [-0.15, -0.1) is 28.6 Å². The molecule has 0 rings (SSSR count). The Morgan fingerprint density at radius 1 is 1.64 bits per heavy atom. The lowest BCUT2D eigenvalue weighted by atomic mass is 10.3. The molecule has 0 aliphatic carbocycles. The predicted octanol–water partition coefficient (Wildman–Crippen LogP) is 0.974. The second-order valence-electron chi connectivity index (χ2n) is 1.85. The van der Waals surface area contributed by atoms with Gasteiger partial charge in [-0.2, -0.15) is 13.1 Å². The van der Waals surface area contributed by atoms with Gasteiger partial charge in [-0.05, 0) is 6.42 Å². The van der Waals surface area contributed by atoms with Crippen molar-refractivity contribution in [2.45, 2.75) is 19.4 Å². The van der Waals surface area contributed by atoms with E-state index in [2.05, 4.69) is 0 Å². The number of hydrogen-bond donors (Lipinski definition) is 2. The van der Waals surface area contributed by atoms with E-state index in [0.717, 1.165) is 0 Å². The molecule has 0 amide bonds. The molecule has 2 N–H and O–H groups in total. The van der Waals surface area contributed by atoms with Crippen molar-refractivity contribution in [3.63, 3.8) is 0 Å². The Kier molecular flexibility index (Phi) is 7.98. The largest absolute Gasteiger partial charge is 0.333 e. The van der Waals surface area contributed by atoms with Gasteiger partial charge in [-0.25, -0.2) is 0 Å². The molecule has 0 fully saturated rings. The molecule has 0 spiro atoms. The highest BCUT2D eigenvalue weighted by Gasteiger charge is 2.10. The summed E-state index contributed by atoms with van der Waals surface area (Å²) in [4.78, 5) is 0. The Bertz CT molecular complexity index is 180. The molecule has 0 aromatic carbocycles. The van der Waals surface area contributed by atoms with Crippen molar-refractivity contribution in [3.05, 3.63) is 0 Å². The highest BCUT2D eigenvalue weighted by molar-refractivity contribution is 8.93. The van der Waals surface area contributed by atoms with Crippen LogP contribution in [0.4, 0.5) is 0 Å². The maximum Gasteiger partial charge on any atom is 0.333 e. The van der Waals surface area contributed by atoms with Crippen molar-refractivity contribution in [1.29, 1.82) is 0 Å². The maximum atomic E-state index is 10.1. The Morgan fingerprint density at radius 3 is 2.18 bits per heavy atom. The number of halogens is 2. The molecule has 11 heavy (non-hydrogen) atoms. The zero-order valence-electron chi connectivity index (χ0n) is 5.95.